The van der Waals surface area contributed by atoms with Gasteiger partial charge in [-0.05, 0) is 31.5 Å². The van der Waals surface area contributed by atoms with E-state index in [0.29, 0.717) is 11.3 Å². The third-order valence-corrected chi connectivity index (χ3v) is 5.12. The molecule has 0 aliphatic carbocycles. The van der Waals surface area contributed by atoms with Crippen LogP contribution in [-0.2, 0) is 0 Å². The molecule has 3 N–H and O–H groups in total. The van der Waals surface area contributed by atoms with Crippen molar-refractivity contribution in [1.82, 2.24) is 19.6 Å². The summed E-state index contributed by atoms with van der Waals surface area (Å²) in [5.41, 5.74) is 10.4. The van der Waals surface area contributed by atoms with E-state index in [4.69, 9.17) is 5.73 Å². The fourth-order valence-corrected chi connectivity index (χ4v) is 3.77. The number of halogens is 1. The lowest BCUT2D eigenvalue weighted by molar-refractivity contribution is 0.630. The van der Waals surface area contributed by atoms with Crippen molar-refractivity contribution < 1.29 is 4.39 Å². The minimum atomic E-state index is -0.378. The van der Waals surface area contributed by atoms with Gasteiger partial charge >= 0.3 is 0 Å². The molecule has 0 bridgehead atoms. The highest BCUT2D eigenvalue weighted by Crippen LogP contribution is 2.29. The predicted molar refractivity (Wildman–Crippen MR) is 108 cm³/mol. The molecule has 1 unspecified atom stereocenters. The summed E-state index contributed by atoms with van der Waals surface area (Å²) in [6.07, 6.45) is 6.24. The van der Waals surface area contributed by atoms with Gasteiger partial charge in [0.15, 0.2) is 11.5 Å². The van der Waals surface area contributed by atoms with Crippen molar-refractivity contribution in [1.29, 1.82) is 0 Å². The first kappa shape index (κ1) is 16.9. The predicted octanol–water partition coefficient (Wildman–Crippen LogP) is 3.01. The van der Waals surface area contributed by atoms with Gasteiger partial charge in [0.1, 0.15) is 0 Å². The zero-order valence-electron chi connectivity index (χ0n) is 15.4. The molecule has 1 saturated heterocycles. The standard InChI is InChI=1S/C20H20FN7/c1-12-9-28-11-14(6-17(21)20(28)24-12)25-19-8-23-26-18-7-15(2-3-16(18)19)27-5-4-13(22)10-27/h2-3,6-9,11,13H,4-5,10,22H2,1H3,(H,25,26). The van der Waals surface area contributed by atoms with Crippen LogP contribution in [0, 0.1) is 12.7 Å². The molecule has 1 aliphatic heterocycles. The number of fused-ring (bicyclic) bond motifs is 2. The Bertz CT molecular complexity index is 1190. The summed E-state index contributed by atoms with van der Waals surface area (Å²) in [5.74, 6) is -0.378. The van der Waals surface area contributed by atoms with Crippen LogP contribution in [0.25, 0.3) is 16.6 Å². The Hall–Kier alpha value is -3.26. The Balaban J connectivity index is 1.50. The molecule has 0 amide bonds. The van der Waals surface area contributed by atoms with Crippen LogP contribution in [0.1, 0.15) is 12.1 Å². The average Bonchev–Trinajstić information content (AvgIpc) is 3.27. The van der Waals surface area contributed by atoms with Gasteiger partial charge in [-0.2, -0.15) is 10.2 Å². The summed E-state index contributed by atoms with van der Waals surface area (Å²) in [6.45, 7) is 3.63. The van der Waals surface area contributed by atoms with Crippen LogP contribution in [-0.4, -0.2) is 38.7 Å². The molecule has 28 heavy (non-hydrogen) atoms. The summed E-state index contributed by atoms with van der Waals surface area (Å²) < 4.78 is 16.0. The number of aryl methyl sites for hydroxylation is 1. The maximum Gasteiger partial charge on any atom is 0.173 e. The van der Waals surface area contributed by atoms with E-state index in [1.54, 1.807) is 16.8 Å². The lowest BCUT2D eigenvalue weighted by Gasteiger charge is -2.18. The van der Waals surface area contributed by atoms with Gasteiger partial charge < -0.3 is 20.4 Å². The fourth-order valence-electron chi connectivity index (χ4n) is 3.77. The lowest BCUT2D eigenvalue weighted by atomic mass is 10.1. The molecule has 5 rings (SSSR count). The number of pyridine rings is 1. The number of nitrogens with two attached hydrogens (primary N) is 1. The van der Waals surface area contributed by atoms with E-state index in [0.717, 1.165) is 47.5 Å². The molecule has 1 aromatic carbocycles. The Morgan fingerprint density at radius 3 is 2.96 bits per heavy atom. The fraction of sp³-hybridized carbons (Fsp3) is 0.250. The molecule has 1 aliphatic rings. The Labute approximate surface area is 161 Å². The molecule has 0 spiro atoms. The third kappa shape index (κ3) is 2.91. The summed E-state index contributed by atoms with van der Waals surface area (Å²) >= 11 is 0. The second-order valence-electron chi connectivity index (χ2n) is 7.27. The zero-order chi connectivity index (χ0) is 19.3. The first-order chi connectivity index (χ1) is 13.6. The van der Waals surface area contributed by atoms with Crippen molar-refractivity contribution in [3.8, 4) is 0 Å². The van der Waals surface area contributed by atoms with E-state index in [1.165, 1.54) is 6.07 Å². The van der Waals surface area contributed by atoms with Crippen molar-refractivity contribution in [3.63, 3.8) is 0 Å². The van der Waals surface area contributed by atoms with Crippen LogP contribution >= 0.6 is 0 Å². The van der Waals surface area contributed by atoms with Gasteiger partial charge in [0, 0.05) is 48.7 Å². The lowest BCUT2D eigenvalue weighted by Crippen LogP contribution is -2.26. The Kier molecular flexibility index (Phi) is 3.87. The van der Waals surface area contributed by atoms with Gasteiger partial charge in [0.05, 0.1) is 28.8 Å². The largest absolute Gasteiger partial charge is 0.370 e. The Morgan fingerprint density at radius 2 is 2.14 bits per heavy atom. The second kappa shape index (κ2) is 6.42. The summed E-state index contributed by atoms with van der Waals surface area (Å²) in [7, 11) is 0. The van der Waals surface area contributed by atoms with Crippen LogP contribution in [0.15, 0.2) is 42.9 Å². The van der Waals surface area contributed by atoms with Crippen molar-refractivity contribution in [2.24, 2.45) is 5.73 Å². The minimum absolute atomic E-state index is 0.214. The van der Waals surface area contributed by atoms with Gasteiger partial charge in [-0.25, -0.2) is 9.37 Å². The number of benzene rings is 1. The maximum absolute atomic E-state index is 14.4. The van der Waals surface area contributed by atoms with Crippen molar-refractivity contribution >= 4 is 33.6 Å². The van der Waals surface area contributed by atoms with Gasteiger partial charge in [0.25, 0.3) is 0 Å². The number of nitrogens with one attached hydrogen (secondary N) is 1. The van der Waals surface area contributed by atoms with E-state index in [2.05, 4.69) is 31.5 Å². The quantitative estimate of drug-likeness (QED) is 0.571. The van der Waals surface area contributed by atoms with Gasteiger partial charge in [-0.1, -0.05) is 0 Å². The topological polar surface area (TPSA) is 84.4 Å². The van der Waals surface area contributed by atoms with Crippen LogP contribution in [0.5, 0.6) is 0 Å². The molecule has 1 fully saturated rings. The second-order valence-corrected chi connectivity index (χ2v) is 7.27. The number of imidazole rings is 1. The van der Waals surface area contributed by atoms with Gasteiger partial charge in [0.2, 0.25) is 0 Å². The molecule has 0 radical (unpaired) electrons. The van der Waals surface area contributed by atoms with Crippen LogP contribution in [0.2, 0.25) is 0 Å². The van der Waals surface area contributed by atoms with Crippen LogP contribution in [0.3, 0.4) is 0 Å². The van der Waals surface area contributed by atoms with Crippen molar-refractivity contribution in [3.05, 3.63) is 54.4 Å². The first-order valence-corrected chi connectivity index (χ1v) is 9.25. The highest BCUT2D eigenvalue weighted by Gasteiger charge is 2.20. The van der Waals surface area contributed by atoms with Crippen LogP contribution < -0.4 is 16.0 Å². The summed E-state index contributed by atoms with van der Waals surface area (Å²) in [6, 6.07) is 7.76. The zero-order valence-corrected chi connectivity index (χ0v) is 15.4. The van der Waals surface area contributed by atoms with E-state index in [-0.39, 0.29) is 11.9 Å². The average molecular weight is 377 g/mol. The number of anilines is 3. The van der Waals surface area contributed by atoms with E-state index in [1.807, 2.05) is 25.3 Å². The molecule has 3 aromatic heterocycles. The Morgan fingerprint density at radius 1 is 1.25 bits per heavy atom. The highest BCUT2D eigenvalue weighted by molar-refractivity contribution is 5.94. The maximum atomic E-state index is 14.4. The normalized spacial score (nSPS) is 17.0. The summed E-state index contributed by atoms with van der Waals surface area (Å²) in [4.78, 5) is 6.45. The smallest absolute Gasteiger partial charge is 0.173 e. The third-order valence-electron chi connectivity index (χ3n) is 5.12. The molecular formula is C20H20FN7. The number of hydrogen-bond donors (Lipinski definition) is 2. The number of nitrogens with zero attached hydrogens (tertiary/aromatic N) is 5. The van der Waals surface area contributed by atoms with E-state index < -0.39 is 0 Å². The van der Waals surface area contributed by atoms with Crippen molar-refractivity contribution in [2.45, 2.75) is 19.4 Å². The molecule has 4 aromatic rings. The number of rotatable bonds is 3. The first-order valence-electron chi connectivity index (χ1n) is 9.25. The minimum Gasteiger partial charge on any atom is -0.370 e. The number of aromatic nitrogens is 4. The van der Waals surface area contributed by atoms with Gasteiger partial charge in [-0.15, -0.1) is 0 Å². The molecular weight excluding hydrogens is 357 g/mol. The molecule has 1 atom stereocenters. The molecule has 142 valence electrons. The molecule has 0 saturated carbocycles. The highest BCUT2D eigenvalue weighted by atomic mass is 19.1. The van der Waals surface area contributed by atoms with Crippen molar-refractivity contribution in [2.75, 3.05) is 23.3 Å². The SMILES string of the molecule is Cc1cn2cc(Nc3cnnc4cc(N5CCC(N)C5)ccc34)cc(F)c2n1. The van der Waals surface area contributed by atoms with Crippen LogP contribution in [0.4, 0.5) is 21.5 Å². The number of hydrogen-bond acceptors (Lipinski definition) is 6. The molecule has 8 heteroatoms. The molecule has 7 nitrogen and oxygen atoms in total. The van der Waals surface area contributed by atoms with Gasteiger partial charge in [-0.3, -0.25) is 0 Å². The summed E-state index contributed by atoms with van der Waals surface area (Å²) in [5, 5.41) is 12.6. The molecule has 4 heterocycles. The van der Waals surface area contributed by atoms with E-state index >= 15 is 0 Å². The monoisotopic (exact) mass is 377 g/mol. The van der Waals surface area contributed by atoms with E-state index in [9.17, 15) is 4.39 Å².